The van der Waals surface area contributed by atoms with Crippen LogP contribution in [0, 0.1) is 6.92 Å². The van der Waals surface area contributed by atoms with Crippen molar-refractivity contribution >= 4 is 23.6 Å². The number of amides is 2. The minimum absolute atomic E-state index is 0.0714. The lowest BCUT2D eigenvalue weighted by Gasteiger charge is -2.11. The summed E-state index contributed by atoms with van der Waals surface area (Å²) >= 11 is 0. The number of anilines is 1. The number of carbonyl (C=O) groups excluding carboxylic acids is 2. The molecule has 6 heteroatoms. The van der Waals surface area contributed by atoms with Gasteiger partial charge in [-0.05, 0) is 62.4 Å². The Bertz CT molecular complexity index is 1000. The zero-order chi connectivity index (χ0) is 20.6. The largest absolute Gasteiger partial charge is 0.494 e. The fourth-order valence-corrected chi connectivity index (χ4v) is 2.62. The molecular weight excluding hydrogens is 368 g/mol. The van der Waals surface area contributed by atoms with E-state index < -0.39 is 5.91 Å². The van der Waals surface area contributed by atoms with Crippen molar-refractivity contribution in [2.24, 2.45) is 0 Å². The van der Waals surface area contributed by atoms with Gasteiger partial charge in [-0.1, -0.05) is 18.2 Å². The fourth-order valence-electron chi connectivity index (χ4n) is 2.62. The molecule has 0 saturated carbocycles. The van der Waals surface area contributed by atoms with Crippen LogP contribution in [-0.2, 0) is 4.79 Å². The summed E-state index contributed by atoms with van der Waals surface area (Å²) in [7, 11) is 0. The molecule has 1 heterocycles. The molecule has 3 rings (SSSR count). The van der Waals surface area contributed by atoms with Gasteiger partial charge in [0.05, 0.1) is 6.61 Å². The molecule has 0 aliphatic carbocycles. The normalized spacial score (nSPS) is 11.0. The van der Waals surface area contributed by atoms with E-state index in [1.807, 2.05) is 13.0 Å². The highest BCUT2D eigenvalue weighted by molar-refractivity contribution is 6.10. The van der Waals surface area contributed by atoms with Crippen LogP contribution in [0.4, 0.5) is 5.69 Å². The second-order valence-corrected chi connectivity index (χ2v) is 6.24. The van der Waals surface area contributed by atoms with Crippen molar-refractivity contribution in [3.8, 4) is 5.75 Å². The first-order valence-electron chi connectivity index (χ1n) is 9.24. The third kappa shape index (κ3) is 5.59. The second kappa shape index (κ2) is 9.41. The van der Waals surface area contributed by atoms with Crippen LogP contribution in [0.5, 0.6) is 5.75 Å². The predicted molar refractivity (Wildman–Crippen MR) is 112 cm³/mol. The van der Waals surface area contributed by atoms with Crippen LogP contribution in [0.2, 0.25) is 0 Å². The van der Waals surface area contributed by atoms with Crippen LogP contribution >= 0.6 is 0 Å². The lowest BCUT2D eigenvalue weighted by Crippen LogP contribution is -2.30. The maximum absolute atomic E-state index is 12.8. The molecule has 0 saturated heterocycles. The van der Waals surface area contributed by atoms with E-state index in [0.717, 1.165) is 0 Å². The average molecular weight is 390 g/mol. The first-order chi connectivity index (χ1) is 14.0. The highest BCUT2D eigenvalue weighted by atomic mass is 16.5. The van der Waals surface area contributed by atoms with Crippen LogP contribution in [0.1, 0.15) is 28.8 Å². The van der Waals surface area contributed by atoms with Crippen LogP contribution in [0.3, 0.4) is 0 Å². The van der Waals surface area contributed by atoms with Gasteiger partial charge in [0, 0.05) is 17.3 Å². The van der Waals surface area contributed by atoms with Gasteiger partial charge in [0.2, 0.25) is 0 Å². The molecule has 0 unspecified atom stereocenters. The molecule has 0 fully saturated rings. The number of furan rings is 1. The van der Waals surface area contributed by atoms with E-state index in [2.05, 4.69) is 10.6 Å². The first kappa shape index (κ1) is 19.9. The van der Waals surface area contributed by atoms with Crippen molar-refractivity contribution in [1.29, 1.82) is 0 Å². The number of carbonyl (C=O) groups is 2. The van der Waals surface area contributed by atoms with Gasteiger partial charge in [-0.2, -0.15) is 0 Å². The lowest BCUT2D eigenvalue weighted by atomic mass is 10.2. The number of hydrogen-bond acceptors (Lipinski definition) is 4. The third-order valence-corrected chi connectivity index (χ3v) is 4.00. The van der Waals surface area contributed by atoms with Crippen molar-refractivity contribution in [3.63, 3.8) is 0 Å². The topological polar surface area (TPSA) is 80.6 Å². The van der Waals surface area contributed by atoms with Crippen LogP contribution in [0.15, 0.2) is 76.8 Å². The summed E-state index contributed by atoms with van der Waals surface area (Å²) < 4.78 is 10.9. The van der Waals surface area contributed by atoms with E-state index in [-0.39, 0.29) is 11.6 Å². The molecule has 0 radical (unpaired) electrons. The molecule has 0 aliphatic rings. The zero-order valence-electron chi connectivity index (χ0n) is 16.3. The SMILES string of the molecule is CCOc1ccc(NC(=O)/C(=C\c2ccc(C)o2)NC(=O)c2ccccc2)cc1. The first-order valence-corrected chi connectivity index (χ1v) is 9.24. The molecule has 0 atom stereocenters. The Morgan fingerprint density at radius 1 is 1.00 bits per heavy atom. The summed E-state index contributed by atoms with van der Waals surface area (Å²) in [5.41, 5.74) is 1.10. The molecular formula is C23H22N2O4. The maximum atomic E-state index is 12.8. The van der Waals surface area contributed by atoms with Gasteiger partial charge >= 0.3 is 0 Å². The zero-order valence-corrected chi connectivity index (χ0v) is 16.3. The summed E-state index contributed by atoms with van der Waals surface area (Å²) in [6.45, 7) is 4.27. The van der Waals surface area contributed by atoms with E-state index in [1.165, 1.54) is 6.08 Å². The quantitative estimate of drug-likeness (QED) is 0.586. The molecule has 0 spiro atoms. The Labute approximate surface area is 169 Å². The Morgan fingerprint density at radius 2 is 1.72 bits per heavy atom. The number of rotatable bonds is 7. The molecule has 29 heavy (non-hydrogen) atoms. The number of aryl methyl sites for hydroxylation is 1. The highest BCUT2D eigenvalue weighted by Crippen LogP contribution is 2.17. The third-order valence-electron chi connectivity index (χ3n) is 4.00. The Hall–Kier alpha value is -3.80. The van der Waals surface area contributed by atoms with E-state index in [1.54, 1.807) is 67.6 Å². The van der Waals surface area contributed by atoms with E-state index in [0.29, 0.717) is 35.1 Å². The molecule has 148 valence electrons. The highest BCUT2D eigenvalue weighted by Gasteiger charge is 2.16. The van der Waals surface area contributed by atoms with Crippen LogP contribution in [-0.4, -0.2) is 18.4 Å². The maximum Gasteiger partial charge on any atom is 0.272 e. The smallest absolute Gasteiger partial charge is 0.272 e. The van der Waals surface area contributed by atoms with Gasteiger partial charge in [0.1, 0.15) is 23.0 Å². The molecule has 2 amide bonds. The number of benzene rings is 2. The van der Waals surface area contributed by atoms with E-state index >= 15 is 0 Å². The van der Waals surface area contributed by atoms with Gasteiger partial charge in [0.25, 0.3) is 11.8 Å². The molecule has 2 N–H and O–H groups in total. The lowest BCUT2D eigenvalue weighted by molar-refractivity contribution is -0.113. The molecule has 6 nitrogen and oxygen atoms in total. The number of hydrogen-bond donors (Lipinski definition) is 2. The summed E-state index contributed by atoms with van der Waals surface area (Å²) in [6, 6.07) is 19.2. The number of ether oxygens (including phenoxy) is 1. The minimum atomic E-state index is -0.465. The van der Waals surface area contributed by atoms with Crippen molar-refractivity contribution in [2.45, 2.75) is 13.8 Å². The predicted octanol–water partition coefficient (Wildman–Crippen LogP) is 4.40. The number of nitrogens with one attached hydrogen (secondary N) is 2. The van der Waals surface area contributed by atoms with Crippen LogP contribution < -0.4 is 15.4 Å². The summed E-state index contributed by atoms with van der Waals surface area (Å²) in [4.78, 5) is 25.4. The molecule has 0 aliphatic heterocycles. The second-order valence-electron chi connectivity index (χ2n) is 6.24. The standard InChI is InChI=1S/C23H22N2O4/c1-3-28-19-13-10-18(11-14-19)24-23(27)21(15-20-12-9-16(2)29-20)25-22(26)17-7-5-4-6-8-17/h4-15H,3H2,1-2H3,(H,24,27)(H,25,26)/b21-15+. The molecule has 0 bridgehead atoms. The van der Waals surface area contributed by atoms with E-state index in [4.69, 9.17) is 9.15 Å². The summed E-state index contributed by atoms with van der Waals surface area (Å²) in [5.74, 6) is 1.03. The van der Waals surface area contributed by atoms with Crippen LogP contribution in [0.25, 0.3) is 6.08 Å². The molecule has 3 aromatic rings. The van der Waals surface area contributed by atoms with Crippen molar-refractivity contribution in [1.82, 2.24) is 5.32 Å². The Balaban J connectivity index is 1.81. The molecule has 1 aromatic heterocycles. The van der Waals surface area contributed by atoms with Gasteiger partial charge in [-0.3, -0.25) is 9.59 Å². The monoisotopic (exact) mass is 390 g/mol. The van der Waals surface area contributed by atoms with Gasteiger partial charge in [-0.25, -0.2) is 0 Å². The molecule has 2 aromatic carbocycles. The summed E-state index contributed by atoms with van der Waals surface area (Å²) in [5, 5.41) is 5.44. The Morgan fingerprint density at radius 3 is 2.34 bits per heavy atom. The van der Waals surface area contributed by atoms with Gasteiger partial charge < -0.3 is 19.8 Å². The van der Waals surface area contributed by atoms with Crippen molar-refractivity contribution in [2.75, 3.05) is 11.9 Å². The van der Waals surface area contributed by atoms with Gasteiger partial charge in [0.15, 0.2) is 0 Å². The van der Waals surface area contributed by atoms with E-state index in [9.17, 15) is 9.59 Å². The van der Waals surface area contributed by atoms with Gasteiger partial charge in [-0.15, -0.1) is 0 Å². The average Bonchev–Trinajstić information content (AvgIpc) is 3.14. The van der Waals surface area contributed by atoms with Crippen molar-refractivity contribution in [3.05, 3.63) is 89.5 Å². The Kier molecular flexibility index (Phi) is 6.47. The minimum Gasteiger partial charge on any atom is -0.494 e. The summed E-state index contributed by atoms with van der Waals surface area (Å²) in [6.07, 6.45) is 1.50. The fraction of sp³-hybridized carbons (Fsp3) is 0.130. The van der Waals surface area contributed by atoms with Crippen molar-refractivity contribution < 1.29 is 18.7 Å².